The van der Waals surface area contributed by atoms with Gasteiger partial charge in [0.1, 0.15) is 22.3 Å². The van der Waals surface area contributed by atoms with Gasteiger partial charge in [0.2, 0.25) is 0 Å². The lowest BCUT2D eigenvalue weighted by molar-refractivity contribution is 0.376. The minimum atomic E-state index is -0.733. The molecule has 20 rings (SSSR count). The molecule has 422 valence electrons. The van der Waals surface area contributed by atoms with E-state index in [4.69, 9.17) is 17.7 Å². The van der Waals surface area contributed by atoms with Gasteiger partial charge < -0.3 is 27.5 Å². The van der Waals surface area contributed by atoms with Crippen molar-refractivity contribution in [2.45, 2.75) is 24.7 Å². The highest BCUT2D eigenvalue weighted by Crippen LogP contribution is 2.68. The number of nitrogens with zero attached hydrogens (tertiary/aromatic N) is 2. The van der Waals surface area contributed by atoms with E-state index >= 15 is 0 Å². The van der Waals surface area contributed by atoms with Crippen LogP contribution < -0.4 is 9.80 Å². The van der Waals surface area contributed by atoms with Crippen molar-refractivity contribution in [2.24, 2.45) is 0 Å². The van der Waals surface area contributed by atoms with Gasteiger partial charge in [0.05, 0.1) is 34.1 Å². The van der Waals surface area contributed by atoms with Gasteiger partial charge in [-0.05, 0) is 116 Å². The molecule has 0 radical (unpaired) electrons. The Bertz CT molecular complexity index is 5530. The summed E-state index contributed by atoms with van der Waals surface area (Å²) in [5, 5.41) is 13.0. The van der Waals surface area contributed by atoms with E-state index in [1.54, 1.807) is 0 Å². The monoisotopic (exact) mass is 1150 g/mol. The third kappa shape index (κ3) is 6.36. The first-order valence-electron chi connectivity index (χ1n) is 31.0. The van der Waals surface area contributed by atoms with E-state index in [0.717, 1.165) is 143 Å². The summed E-state index contributed by atoms with van der Waals surface area (Å²) in [6.45, 7) is 5.06. The van der Waals surface area contributed by atoms with Crippen LogP contribution in [0, 0.1) is 0 Å². The highest BCUT2D eigenvalue weighted by molar-refractivity contribution is 6.20. The molecule has 0 bridgehead atoms. The molecule has 2 unspecified atom stereocenters. The summed E-state index contributed by atoms with van der Waals surface area (Å²) in [6.07, 6.45) is 0. The fourth-order valence-corrected chi connectivity index (χ4v) is 16.5. The van der Waals surface area contributed by atoms with Gasteiger partial charge in [0.15, 0.2) is 22.3 Å². The molecule has 90 heavy (non-hydrogen) atoms. The Kier molecular flexibility index (Phi) is 9.91. The smallest absolute Gasteiger partial charge is 0.159 e. The average Bonchev–Trinajstić information content (AvgIpc) is 1.48. The molecule has 2 atom stereocenters. The fourth-order valence-electron chi connectivity index (χ4n) is 16.5. The molecule has 0 saturated heterocycles. The lowest BCUT2D eigenvalue weighted by atomic mass is 9.56. The van der Waals surface area contributed by atoms with E-state index < -0.39 is 10.8 Å². The molecule has 18 aromatic rings. The first-order chi connectivity index (χ1) is 44.4. The Morgan fingerprint density at radius 2 is 0.478 bits per heavy atom. The highest BCUT2D eigenvalue weighted by Gasteiger charge is 2.58. The zero-order valence-electron chi connectivity index (χ0n) is 49.1. The van der Waals surface area contributed by atoms with Crippen LogP contribution in [0.3, 0.4) is 0 Å². The molecule has 0 saturated carbocycles. The second-order valence-corrected chi connectivity index (χ2v) is 24.7. The highest BCUT2D eigenvalue weighted by atomic mass is 16.3. The molecule has 0 N–H and O–H groups in total. The van der Waals surface area contributed by atoms with Crippen LogP contribution in [0.25, 0.3) is 132 Å². The lowest BCUT2D eigenvalue weighted by Crippen LogP contribution is -2.44. The number of anilines is 6. The first-order valence-corrected chi connectivity index (χ1v) is 31.0. The molecule has 14 aromatic carbocycles. The van der Waals surface area contributed by atoms with E-state index in [0.29, 0.717) is 0 Å². The molecule has 4 aromatic heterocycles. The topological polar surface area (TPSA) is 59.0 Å². The number of para-hydroxylation sites is 8. The Labute approximate surface area is 516 Å². The van der Waals surface area contributed by atoms with Crippen LogP contribution in [-0.2, 0) is 10.8 Å². The van der Waals surface area contributed by atoms with Crippen molar-refractivity contribution >= 4 is 143 Å². The van der Waals surface area contributed by atoms with Crippen LogP contribution >= 0.6 is 0 Å². The van der Waals surface area contributed by atoms with E-state index in [1.165, 1.54) is 44.5 Å². The van der Waals surface area contributed by atoms with Crippen molar-refractivity contribution in [3.05, 3.63) is 301 Å². The van der Waals surface area contributed by atoms with Crippen LogP contribution in [0.15, 0.2) is 297 Å². The number of fused-ring (bicyclic) bond motifs is 22. The molecule has 2 aliphatic rings. The van der Waals surface area contributed by atoms with Crippen molar-refractivity contribution < 1.29 is 17.7 Å². The van der Waals surface area contributed by atoms with Crippen LogP contribution in [-0.4, -0.2) is 0 Å². The van der Waals surface area contributed by atoms with Crippen molar-refractivity contribution in [3.8, 4) is 22.3 Å². The Balaban J connectivity index is 0.905. The third-order valence-corrected chi connectivity index (χ3v) is 20.6. The quantitative estimate of drug-likeness (QED) is 0.158. The molecule has 6 nitrogen and oxygen atoms in total. The number of hydrogen-bond donors (Lipinski definition) is 0. The Morgan fingerprint density at radius 1 is 0.222 bits per heavy atom. The number of benzene rings is 14. The van der Waals surface area contributed by atoms with E-state index in [9.17, 15) is 0 Å². The number of hydrogen-bond acceptors (Lipinski definition) is 6. The van der Waals surface area contributed by atoms with Crippen LogP contribution in [0.2, 0.25) is 0 Å². The van der Waals surface area contributed by atoms with Crippen molar-refractivity contribution in [1.82, 2.24) is 0 Å². The normalized spacial score (nSPS) is 16.0. The maximum absolute atomic E-state index is 7.07. The second kappa shape index (κ2) is 18.0. The summed E-state index contributed by atoms with van der Waals surface area (Å²) in [5.41, 5.74) is 20.7. The summed E-state index contributed by atoms with van der Waals surface area (Å²) in [7, 11) is 0. The van der Waals surface area contributed by atoms with Crippen LogP contribution in [0.5, 0.6) is 0 Å². The summed E-state index contributed by atoms with van der Waals surface area (Å²) in [4.78, 5) is 4.86. The van der Waals surface area contributed by atoms with Crippen molar-refractivity contribution in [2.75, 3.05) is 9.80 Å². The predicted molar refractivity (Wildman–Crippen MR) is 370 cm³/mol. The summed E-state index contributed by atoms with van der Waals surface area (Å²) < 4.78 is 28.3. The first kappa shape index (κ1) is 49.5. The zero-order chi connectivity index (χ0) is 59.1. The van der Waals surface area contributed by atoms with Crippen LogP contribution in [0.4, 0.5) is 34.1 Å². The minimum Gasteiger partial charge on any atom is -0.454 e. The second-order valence-electron chi connectivity index (χ2n) is 24.7. The maximum Gasteiger partial charge on any atom is 0.159 e. The molecule has 0 amide bonds. The van der Waals surface area contributed by atoms with Gasteiger partial charge in [-0.1, -0.05) is 232 Å². The average molecular weight is 1150 g/mol. The molecular formula is C84H52N2O4. The minimum absolute atomic E-state index is 0.733. The predicted octanol–water partition coefficient (Wildman–Crippen LogP) is 23.8. The Morgan fingerprint density at radius 3 is 0.800 bits per heavy atom. The van der Waals surface area contributed by atoms with Gasteiger partial charge in [-0.15, -0.1) is 0 Å². The van der Waals surface area contributed by atoms with E-state index in [2.05, 4.69) is 303 Å². The number of rotatable bonds is 7. The van der Waals surface area contributed by atoms with Gasteiger partial charge in [0, 0.05) is 64.7 Å². The molecule has 2 aliphatic carbocycles. The van der Waals surface area contributed by atoms with E-state index in [1.807, 2.05) is 0 Å². The van der Waals surface area contributed by atoms with Crippen molar-refractivity contribution in [1.29, 1.82) is 0 Å². The van der Waals surface area contributed by atoms with Crippen molar-refractivity contribution in [3.63, 3.8) is 0 Å². The Hall–Kier alpha value is -11.6. The lowest BCUT2D eigenvalue weighted by Gasteiger charge is -2.46. The maximum atomic E-state index is 7.07. The molecule has 0 fully saturated rings. The molecular weight excluding hydrogens is 1100 g/mol. The molecule has 0 spiro atoms. The van der Waals surface area contributed by atoms with Gasteiger partial charge in [-0.25, -0.2) is 0 Å². The largest absolute Gasteiger partial charge is 0.454 e. The van der Waals surface area contributed by atoms with Crippen LogP contribution in [0.1, 0.15) is 36.1 Å². The summed E-state index contributed by atoms with van der Waals surface area (Å²) in [6, 6.07) is 101. The fraction of sp³-hybridized carbons (Fsp3) is 0.0476. The zero-order valence-corrected chi connectivity index (χ0v) is 49.1. The molecule has 4 heterocycles. The standard InChI is InChI=1S/C84H52N2O4/c1-83(63-37-13-7-31-61(63)77-55-29-5-3-23-49(55)71(47-65(77)83)85(67-39-19-33-57-51-25-9-15-43-73(51)87-79(57)67)68-40-20-34-58-52-26-10-16-44-74(52)88-80(58)68)84(2)64-38-14-8-32-62(64)78-56-30-6-4-24-50(56)72(48-66(78)84)86(69-41-21-35-59-53-27-11-17-45-75(53)89-81(59)69)70-42-22-36-60-54-28-12-18-46-76(54)90-82(60)70/h3-48H,1-2H3. The van der Waals surface area contributed by atoms with Gasteiger partial charge in [-0.2, -0.15) is 0 Å². The molecule has 0 aliphatic heterocycles. The third-order valence-electron chi connectivity index (χ3n) is 20.6. The number of furan rings is 4. The van der Waals surface area contributed by atoms with Gasteiger partial charge >= 0.3 is 0 Å². The molecule has 6 heteroatoms. The summed E-state index contributed by atoms with van der Waals surface area (Å²) >= 11 is 0. The van der Waals surface area contributed by atoms with E-state index in [-0.39, 0.29) is 0 Å². The van der Waals surface area contributed by atoms with Gasteiger partial charge in [0.25, 0.3) is 0 Å². The van der Waals surface area contributed by atoms with Gasteiger partial charge in [-0.3, -0.25) is 0 Å². The SMILES string of the molecule is CC1(C2(C)c3ccccc3-c3c2cc(N(c2cccc4c2oc2ccccc24)c2cccc4c2oc2ccccc24)c2ccccc32)c2ccccc2-c2c1cc(N(c1cccc3c1oc1ccccc13)c1cccc3c1oc1ccccc13)c1ccccc21. The summed E-state index contributed by atoms with van der Waals surface area (Å²) in [5.74, 6) is 0.